The van der Waals surface area contributed by atoms with Crippen molar-refractivity contribution in [1.82, 2.24) is 14.8 Å². The van der Waals surface area contributed by atoms with E-state index in [1.807, 2.05) is 13.8 Å². The number of thiophene rings is 1. The fourth-order valence-corrected chi connectivity index (χ4v) is 3.84. The number of rotatable bonds is 6. The fraction of sp³-hybridized carbons (Fsp3) is 0.316. The van der Waals surface area contributed by atoms with E-state index in [4.69, 9.17) is 19.9 Å². The molecule has 0 spiro atoms. The van der Waals surface area contributed by atoms with Crippen molar-refractivity contribution in [2.75, 3.05) is 20.0 Å². The summed E-state index contributed by atoms with van der Waals surface area (Å²) in [4.78, 5) is 41.1. The van der Waals surface area contributed by atoms with Gasteiger partial charge in [0.05, 0.1) is 26.0 Å². The normalized spacial score (nSPS) is 11.0. The van der Waals surface area contributed by atoms with E-state index in [1.54, 1.807) is 16.9 Å². The van der Waals surface area contributed by atoms with Gasteiger partial charge in [0, 0.05) is 23.2 Å². The molecule has 0 amide bonds. The molecule has 10 nitrogen and oxygen atoms in total. The Morgan fingerprint density at radius 1 is 1.13 bits per heavy atom. The first kappa shape index (κ1) is 21.2. The van der Waals surface area contributed by atoms with Crippen molar-refractivity contribution in [3.05, 3.63) is 40.0 Å². The number of hydrogen-bond donors (Lipinski definition) is 1. The largest absolute Gasteiger partial charge is 0.465 e. The number of esters is 3. The van der Waals surface area contributed by atoms with Crippen LogP contribution in [0.5, 0.6) is 0 Å². The van der Waals surface area contributed by atoms with E-state index in [2.05, 4.69) is 10.1 Å². The number of nitrogens with two attached hydrogens (primary N) is 1. The molecule has 2 N–H and O–H groups in total. The summed E-state index contributed by atoms with van der Waals surface area (Å²) in [6, 6.07) is 1.73. The Balaban J connectivity index is 1.87. The Hall–Kier alpha value is -3.47. The SMILES string of the molecule is COC(=O)c1sc(N)c(C(=O)OC)c1COC(=O)c1cnc2c(cnn2C(C)C)c1. The highest BCUT2D eigenvalue weighted by Gasteiger charge is 2.28. The molecule has 3 aromatic rings. The number of fused-ring (bicyclic) bond motifs is 1. The summed E-state index contributed by atoms with van der Waals surface area (Å²) in [6.45, 7) is 3.58. The van der Waals surface area contributed by atoms with Crippen LogP contribution in [0, 0.1) is 0 Å². The maximum atomic E-state index is 12.6. The average molecular weight is 432 g/mol. The van der Waals surface area contributed by atoms with E-state index < -0.39 is 17.9 Å². The second kappa shape index (κ2) is 8.49. The zero-order chi connectivity index (χ0) is 22.0. The van der Waals surface area contributed by atoms with E-state index in [0.717, 1.165) is 11.3 Å². The van der Waals surface area contributed by atoms with Gasteiger partial charge in [-0.1, -0.05) is 0 Å². The second-order valence-corrected chi connectivity index (χ2v) is 7.58. The molecule has 0 atom stereocenters. The molecule has 3 heterocycles. The van der Waals surface area contributed by atoms with Gasteiger partial charge in [-0.25, -0.2) is 24.0 Å². The van der Waals surface area contributed by atoms with Crippen molar-refractivity contribution < 1.29 is 28.6 Å². The molecule has 0 aliphatic heterocycles. The molecule has 0 aliphatic rings. The van der Waals surface area contributed by atoms with Crippen LogP contribution in [0.3, 0.4) is 0 Å². The highest BCUT2D eigenvalue weighted by atomic mass is 32.1. The van der Waals surface area contributed by atoms with Crippen LogP contribution in [0.4, 0.5) is 5.00 Å². The molecule has 0 saturated carbocycles. The van der Waals surface area contributed by atoms with E-state index in [0.29, 0.717) is 11.0 Å². The van der Waals surface area contributed by atoms with Crippen LogP contribution in [0.2, 0.25) is 0 Å². The molecule has 0 aromatic carbocycles. The maximum Gasteiger partial charge on any atom is 0.348 e. The van der Waals surface area contributed by atoms with Crippen molar-refractivity contribution in [3.63, 3.8) is 0 Å². The Labute approximate surface area is 175 Å². The molecule has 30 heavy (non-hydrogen) atoms. The number of ether oxygens (including phenoxy) is 3. The molecule has 0 aliphatic carbocycles. The number of nitrogens with zero attached hydrogens (tertiary/aromatic N) is 3. The Bertz CT molecular complexity index is 1130. The van der Waals surface area contributed by atoms with E-state index in [-0.39, 0.29) is 39.2 Å². The molecule has 3 rings (SSSR count). The third kappa shape index (κ3) is 3.83. The predicted octanol–water partition coefficient (Wildman–Crippen LogP) is 2.59. The van der Waals surface area contributed by atoms with Crippen LogP contribution in [-0.2, 0) is 20.8 Å². The van der Waals surface area contributed by atoms with Crippen LogP contribution in [-0.4, -0.2) is 46.9 Å². The first-order valence-electron chi connectivity index (χ1n) is 8.86. The Morgan fingerprint density at radius 3 is 2.47 bits per heavy atom. The maximum absolute atomic E-state index is 12.6. The van der Waals surface area contributed by atoms with Crippen LogP contribution < -0.4 is 5.73 Å². The van der Waals surface area contributed by atoms with Crippen molar-refractivity contribution in [3.8, 4) is 0 Å². The Kier molecular flexibility index (Phi) is 6.01. The van der Waals surface area contributed by atoms with Crippen molar-refractivity contribution >= 4 is 45.3 Å². The van der Waals surface area contributed by atoms with Gasteiger partial charge >= 0.3 is 17.9 Å². The minimum Gasteiger partial charge on any atom is -0.465 e. The molecule has 0 radical (unpaired) electrons. The van der Waals surface area contributed by atoms with Gasteiger partial charge < -0.3 is 19.9 Å². The molecule has 11 heteroatoms. The smallest absolute Gasteiger partial charge is 0.348 e. The number of methoxy groups -OCH3 is 2. The topological polar surface area (TPSA) is 136 Å². The third-order valence-electron chi connectivity index (χ3n) is 4.30. The summed E-state index contributed by atoms with van der Waals surface area (Å²) in [5.41, 5.74) is 6.82. The van der Waals surface area contributed by atoms with Gasteiger partial charge in [-0.2, -0.15) is 5.10 Å². The lowest BCUT2D eigenvalue weighted by molar-refractivity contribution is 0.0452. The molecule has 0 saturated heterocycles. The van der Waals surface area contributed by atoms with Gasteiger partial charge in [0.15, 0.2) is 5.65 Å². The molecule has 0 fully saturated rings. The molecule has 158 valence electrons. The van der Waals surface area contributed by atoms with Gasteiger partial charge in [0.1, 0.15) is 22.0 Å². The number of nitrogen functional groups attached to an aromatic ring is 1. The standard InChI is InChI=1S/C19H20N4O6S/c1-9(2)23-16-10(7-22-23)5-11(6-21-16)17(24)29-8-12-13(18(25)27-3)15(20)30-14(12)19(26)28-4/h5-7,9H,8,20H2,1-4H3. The number of aromatic nitrogens is 3. The summed E-state index contributed by atoms with van der Waals surface area (Å²) < 4.78 is 16.5. The third-order valence-corrected chi connectivity index (χ3v) is 5.34. The highest BCUT2D eigenvalue weighted by molar-refractivity contribution is 7.18. The summed E-state index contributed by atoms with van der Waals surface area (Å²) in [7, 11) is 2.38. The second-order valence-electron chi connectivity index (χ2n) is 6.53. The van der Waals surface area contributed by atoms with Gasteiger partial charge in [-0.05, 0) is 19.9 Å². The summed E-state index contributed by atoms with van der Waals surface area (Å²) in [5.74, 6) is -2.12. The van der Waals surface area contributed by atoms with Crippen molar-refractivity contribution in [2.24, 2.45) is 0 Å². The zero-order valence-electron chi connectivity index (χ0n) is 16.8. The summed E-state index contributed by atoms with van der Waals surface area (Å²) in [6.07, 6.45) is 3.00. The molecular formula is C19H20N4O6S. The highest BCUT2D eigenvalue weighted by Crippen LogP contribution is 2.33. The van der Waals surface area contributed by atoms with Gasteiger partial charge in [-0.3, -0.25) is 0 Å². The van der Waals surface area contributed by atoms with Crippen molar-refractivity contribution in [2.45, 2.75) is 26.5 Å². The first-order chi connectivity index (χ1) is 14.3. The molecule has 3 aromatic heterocycles. The van der Waals surface area contributed by atoms with E-state index in [1.165, 1.54) is 20.4 Å². The van der Waals surface area contributed by atoms with Crippen LogP contribution in [0.1, 0.15) is 55.8 Å². The lowest BCUT2D eigenvalue weighted by Crippen LogP contribution is -2.13. The van der Waals surface area contributed by atoms with Crippen LogP contribution in [0.25, 0.3) is 11.0 Å². The van der Waals surface area contributed by atoms with Crippen LogP contribution in [0.15, 0.2) is 18.5 Å². The summed E-state index contributed by atoms with van der Waals surface area (Å²) in [5, 5.41) is 5.01. The number of carbonyl (C=O) groups excluding carboxylic acids is 3. The molecular weight excluding hydrogens is 412 g/mol. The van der Waals surface area contributed by atoms with E-state index >= 15 is 0 Å². The Morgan fingerprint density at radius 2 is 1.83 bits per heavy atom. The first-order valence-corrected chi connectivity index (χ1v) is 9.68. The summed E-state index contributed by atoms with van der Waals surface area (Å²) >= 11 is 0.860. The van der Waals surface area contributed by atoms with Crippen molar-refractivity contribution in [1.29, 1.82) is 0 Å². The van der Waals surface area contributed by atoms with E-state index in [9.17, 15) is 14.4 Å². The van der Waals surface area contributed by atoms with Gasteiger partial charge in [0.2, 0.25) is 0 Å². The minimum absolute atomic E-state index is 0.0255. The molecule has 0 bridgehead atoms. The monoisotopic (exact) mass is 432 g/mol. The number of carbonyl (C=O) groups is 3. The zero-order valence-corrected chi connectivity index (χ0v) is 17.6. The number of anilines is 1. The quantitative estimate of drug-likeness (QED) is 0.460. The number of hydrogen-bond acceptors (Lipinski definition) is 10. The van der Waals surface area contributed by atoms with Gasteiger partial charge in [-0.15, -0.1) is 11.3 Å². The molecule has 0 unspecified atom stereocenters. The predicted molar refractivity (Wildman–Crippen MR) is 108 cm³/mol. The lowest BCUT2D eigenvalue weighted by Gasteiger charge is -2.09. The fourth-order valence-electron chi connectivity index (χ4n) is 2.86. The number of pyridine rings is 1. The van der Waals surface area contributed by atoms with Crippen LogP contribution >= 0.6 is 11.3 Å². The average Bonchev–Trinajstić information content (AvgIpc) is 3.31. The minimum atomic E-state index is -0.742. The van der Waals surface area contributed by atoms with Gasteiger partial charge in [0.25, 0.3) is 0 Å². The lowest BCUT2D eigenvalue weighted by atomic mass is 10.1.